The number of carbonyl (C=O) groups excluding carboxylic acids is 3. The highest BCUT2D eigenvalue weighted by Gasteiger charge is 2.52. The molecule has 0 aromatic heterocycles. The number of hydrogen-bond donors (Lipinski definition) is 3. The molecule has 0 spiro atoms. The molecule has 9 nitrogen and oxygen atoms in total. The molecule has 1 aliphatic carbocycles. The molecule has 3 N–H and O–H groups in total. The Morgan fingerprint density at radius 3 is 2.38 bits per heavy atom. The molecular weight excluding hydrogens is 497 g/mol. The summed E-state index contributed by atoms with van der Waals surface area (Å²) in [5, 5.41) is 30.6. The van der Waals surface area contributed by atoms with E-state index in [1.165, 1.54) is 4.90 Å². The lowest BCUT2D eigenvalue weighted by atomic mass is 9.79. The van der Waals surface area contributed by atoms with E-state index >= 15 is 0 Å². The first-order valence-electron chi connectivity index (χ1n) is 14.0. The molecule has 10 atom stereocenters. The van der Waals surface area contributed by atoms with E-state index in [1.54, 1.807) is 6.92 Å². The molecule has 37 heavy (non-hydrogen) atoms. The quantitative estimate of drug-likeness (QED) is 0.253. The number of aliphatic hydroxyl groups is 3. The van der Waals surface area contributed by atoms with Crippen molar-refractivity contribution in [2.24, 2.45) is 17.8 Å². The third kappa shape index (κ3) is 7.95. The first-order chi connectivity index (χ1) is 17.4. The van der Waals surface area contributed by atoms with Crippen molar-refractivity contribution >= 4 is 26.9 Å². The standard InChI is InChI=1S/C25H42NO8P.C2H6/c1-14(12-17-8-9-19(27)20(28)13-17)16(3)33-24(31)18-6-4-5-11-26(18)23(30)22(29)25(32)15(2)7-10-21(35)34-25;1-2/h14-21,27-28,32H,4-13,35H2,1-3H3;1-2H3. The monoisotopic (exact) mass is 545 g/mol. The van der Waals surface area contributed by atoms with Gasteiger partial charge >= 0.3 is 5.97 Å². The maximum absolute atomic E-state index is 13.2. The van der Waals surface area contributed by atoms with Gasteiger partial charge in [0.1, 0.15) is 12.1 Å². The van der Waals surface area contributed by atoms with Gasteiger partial charge in [0, 0.05) is 12.5 Å². The fraction of sp³-hybridized carbons (Fsp3) is 0.889. The van der Waals surface area contributed by atoms with Crippen LogP contribution in [0.3, 0.4) is 0 Å². The maximum atomic E-state index is 13.2. The van der Waals surface area contributed by atoms with E-state index in [2.05, 4.69) is 9.24 Å². The van der Waals surface area contributed by atoms with Crippen LogP contribution in [0.2, 0.25) is 0 Å². The van der Waals surface area contributed by atoms with Crippen LogP contribution in [0.25, 0.3) is 0 Å². The first-order valence-corrected chi connectivity index (χ1v) is 14.7. The normalized spacial score (nSPS) is 36.0. The molecule has 0 radical (unpaired) electrons. The van der Waals surface area contributed by atoms with Crippen molar-refractivity contribution in [1.82, 2.24) is 4.90 Å². The minimum atomic E-state index is -2.20. The summed E-state index contributed by atoms with van der Waals surface area (Å²) in [5.41, 5.74) is 0. The number of carbonyl (C=O) groups is 3. The van der Waals surface area contributed by atoms with E-state index in [9.17, 15) is 29.7 Å². The molecule has 0 aromatic rings. The molecule has 10 heteroatoms. The van der Waals surface area contributed by atoms with Crippen LogP contribution in [0.15, 0.2) is 0 Å². The second-order valence-electron chi connectivity index (χ2n) is 10.8. The lowest BCUT2D eigenvalue weighted by Crippen LogP contribution is -2.60. The van der Waals surface area contributed by atoms with Gasteiger partial charge in [-0.1, -0.05) is 27.7 Å². The molecule has 1 saturated carbocycles. The molecule has 3 fully saturated rings. The minimum Gasteiger partial charge on any atom is -0.461 e. The van der Waals surface area contributed by atoms with Gasteiger partial charge in [-0.15, -0.1) is 9.24 Å². The largest absolute Gasteiger partial charge is 0.461 e. The summed E-state index contributed by atoms with van der Waals surface area (Å²) in [5.74, 6) is -5.37. The number of ether oxygens (including phenoxy) is 2. The van der Waals surface area contributed by atoms with Crippen molar-refractivity contribution in [3.8, 4) is 0 Å². The Hall–Kier alpha value is -1.12. The Morgan fingerprint density at radius 2 is 1.73 bits per heavy atom. The maximum Gasteiger partial charge on any atom is 0.329 e. The zero-order valence-corrected chi connectivity index (χ0v) is 24.3. The third-order valence-corrected chi connectivity index (χ3v) is 8.61. The van der Waals surface area contributed by atoms with Crippen LogP contribution < -0.4 is 0 Å². The molecule has 214 valence electrons. The van der Waals surface area contributed by atoms with Crippen LogP contribution >= 0.6 is 9.24 Å². The van der Waals surface area contributed by atoms with Gasteiger partial charge in [0.15, 0.2) is 0 Å². The third-order valence-electron chi connectivity index (χ3n) is 8.14. The van der Waals surface area contributed by atoms with E-state index in [1.807, 2.05) is 27.7 Å². The Labute approximate surface area is 223 Å². The second-order valence-corrected chi connectivity index (χ2v) is 11.6. The van der Waals surface area contributed by atoms with E-state index in [-0.39, 0.29) is 18.4 Å². The van der Waals surface area contributed by atoms with Crippen molar-refractivity contribution in [2.75, 3.05) is 6.54 Å². The zero-order valence-electron chi connectivity index (χ0n) is 23.1. The summed E-state index contributed by atoms with van der Waals surface area (Å²) < 4.78 is 11.3. The molecule has 3 aliphatic rings. The molecule has 0 aromatic carbocycles. The van der Waals surface area contributed by atoms with Gasteiger partial charge in [-0.25, -0.2) is 4.79 Å². The lowest BCUT2D eigenvalue weighted by molar-refractivity contribution is -0.247. The molecule has 10 unspecified atom stereocenters. The SMILES string of the molecule is CC.CC(CC1CCC(O)C(O)C1)C(C)OC(=O)C1CCCCN1C(=O)C(=O)C1(O)OC(P)CCC1C. The van der Waals surface area contributed by atoms with Crippen LogP contribution in [0, 0.1) is 17.8 Å². The molecule has 0 bridgehead atoms. The molecule has 2 saturated heterocycles. The number of esters is 1. The van der Waals surface area contributed by atoms with E-state index in [0.717, 1.165) is 19.3 Å². The van der Waals surface area contributed by atoms with E-state index in [0.29, 0.717) is 38.5 Å². The van der Waals surface area contributed by atoms with E-state index in [4.69, 9.17) is 9.47 Å². The number of piperidine rings is 1. The van der Waals surface area contributed by atoms with Gasteiger partial charge < -0.3 is 29.7 Å². The number of nitrogens with zero attached hydrogens (tertiary/aromatic N) is 1. The Balaban J connectivity index is 0.00000235. The number of likely N-dealkylation sites (tertiary alicyclic amines) is 1. The van der Waals surface area contributed by atoms with Crippen LogP contribution in [-0.4, -0.2) is 80.4 Å². The topological polar surface area (TPSA) is 134 Å². The van der Waals surface area contributed by atoms with Crippen molar-refractivity contribution in [1.29, 1.82) is 0 Å². The minimum absolute atomic E-state index is 0.0250. The molecule has 1 amide bonds. The predicted octanol–water partition coefficient (Wildman–Crippen LogP) is 2.78. The van der Waals surface area contributed by atoms with Crippen molar-refractivity contribution < 1.29 is 39.2 Å². The van der Waals surface area contributed by atoms with Gasteiger partial charge in [-0.2, -0.15) is 0 Å². The summed E-state index contributed by atoms with van der Waals surface area (Å²) in [6.45, 7) is 9.72. The predicted molar refractivity (Wildman–Crippen MR) is 142 cm³/mol. The molecular formula is C27H48NO8P. The molecule has 3 rings (SSSR count). The molecule has 2 heterocycles. The summed E-state index contributed by atoms with van der Waals surface area (Å²) in [6, 6.07) is -0.879. The highest BCUT2D eigenvalue weighted by Crippen LogP contribution is 2.36. The van der Waals surface area contributed by atoms with Gasteiger partial charge in [0.2, 0.25) is 5.79 Å². The second kappa shape index (κ2) is 14.3. The Bertz CT molecular complexity index is 782. The van der Waals surface area contributed by atoms with Crippen LogP contribution in [0.1, 0.15) is 92.4 Å². The van der Waals surface area contributed by atoms with Crippen molar-refractivity contribution in [3.05, 3.63) is 0 Å². The fourth-order valence-corrected chi connectivity index (χ4v) is 5.92. The van der Waals surface area contributed by atoms with Crippen LogP contribution in [-0.2, 0) is 23.9 Å². The number of hydrogen-bond acceptors (Lipinski definition) is 8. The van der Waals surface area contributed by atoms with Gasteiger partial charge in [0.05, 0.1) is 18.1 Å². The van der Waals surface area contributed by atoms with Crippen LogP contribution in [0.4, 0.5) is 0 Å². The van der Waals surface area contributed by atoms with Crippen LogP contribution in [0.5, 0.6) is 0 Å². The molecule has 2 aliphatic heterocycles. The highest BCUT2D eigenvalue weighted by molar-refractivity contribution is 7.17. The van der Waals surface area contributed by atoms with E-state index < -0.39 is 59.6 Å². The summed E-state index contributed by atoms with van der Waals surface area (Å²) >= 11 is 0. The van der Waals surface area contributed by atoms with Gasteiger partial charge in [0.25, 0.3) is 11.7 Å². The van der Waals surface area contributed by atoms with Gasteiger partial charge in [-0.3, -0.25) is 9.59 Å². The number of Topliss-reactive ketones (excluding diaryl/α,β-unsaturated/α-hetero) is 1. The Kier molecular flexibility index (Phi) is 12.4. The first kappa shape index (κ1) is 32.1. The summed E-state index contributed by atoms with van der Waals surface area (Å²) in [7, 11) is 2.43. The van der Waals surface area contributed by atoms with Crippen molar-refractivity contribution in [3.63, 3.8) is 0 Å². The van der Waals surface area contributed by atoms with Crippen molar-refractivity contribution in [2.45, 2.75) is 128 Å². The zero-order chi connectivity index (χ0) is 27.9. The smallest absolute Gasteiger partial charge is 0.329 e. The average molecular weight is 546 g/mol. The fourth-order valence-electron chi connectivity index (χ4n) is 5.52. The number of amides is 1. The average Bonchev–Trinajstić information content (AvgIpc) is 2.88. The summed E-state index contributed by atoms with van der Waals surface area (Å²) in [6.07, 6.45) is 3.84. The summed E-state index contributed by atoms with van der Waals surface area (Å²) in [4.78, 5) is 40.6. The number of ketones is 1. The highest BCUT2D eigenvalue weighted by atomic mass is 31.0. The number of aliphatic hydroxyl groups excluding tert-OH is 2. The lowest BCUT2D eigenvalue weighted by Gasteiger charge is -2.41. The Morgan fingerprint density at radius 1 is 1.05 bits per heavy atom. The number of rotatable bonds is 7. The van der Waals surface area contributed by atoms with Gasteiger partial charge in [-0.05, 0) is 76.5 Å².